The second-order valence-electron chi connectivity index (χ2n) is 7.02. The van der Waals surface area contributed by atoms with Crippen LogP contribution in [-0.2, 0) is 14.3 Å². The second-order valence-corrected chi connectivity index (χ2v) is 7.02. The molecule has 1 aliphatic carbocycles. The van der Waals surface area contributed by atoms with E-state index in [1.165, 1.54) is 24.3 Å². The van der Waals surface area contributed by atoms with Crippen LogP contribution in [0.3, 0.4) is 0 Å². The third-order valence-corrected chi connectivity index (χ3v) is 4.82. The van der Waals surface area contributed by atoms with Gasteiger partial charge in [0.2, 0.25) is 0 Å². The molecule has 3 rings (SSSR count). The second kappa shape index (κ2) is 8.73. The maximum atomic E-state index is 13.1. The van der Waals surface area contributed by atoms with E-state index in [0.29, 0.717) is 22.3 Å². The molecule has 7 nitrogen and oxygen atoms in total. The molecule has 1 unspecified atom stereocenters. The molecule has 0 radical (unpaired) electrons. The first-order valence-corrected chi connectivity index (χ1v) is 9.45. The van der Waals surface area contributed by atoms with Crippen LogP contribution in [0.2, 0.25) is 0 Å². The minimum absolute atomic E-state index is 0.178. The Kier molecular flexibility index (Phi) is 6.11. The molecule has 30 heavy (non-hydrogen) atoms. The lowest BCUT2D eigenvalue weighted by Gasteiger charge is -2.24. The Balaban J connectivity index is 2.01. The van der Waals surface area contributed by atoms with Crippen molar-refractivity contribution in [2.45, 2.75) is 19.8 Å². The zero-order valence-corrected chi connectivity index (χ0v) is 16.3. The Morgan fingerprint density at radius 2 is 1.37 bits per heavy atom. The molecule has 7 heteroatoms. The molecule has 2 aromatic carbocycles. The number of carbonyl (C=O) groups excluding carboxylic acids is 2. The van der Waals surface area contributed by atoms with Crippen LogP contribution in [0.1, 0.15) is 30.9 Å². The summed E-state index contributed by atoms with van der Waals surface area (Å²) in [5.41, 5.74) is 1.72. The average Bonchev–Trinajstić information content (AvgIpc) is 2.70. The fourth-order valence-corrected chi connectivity index (χ4v) is 3.33. The standard InChI is InChI=1S/C23H22O7/c1-2-30-23(29)17-11-15(7-13-3-5-18(24)20(26)9-13)22(28)16(12-17)8-14-4-6-19(25)21(27)10-14/h3-10,17,24-27H,2,11-12H2,1H3/b15-7-,16-8+. The summed E-state index contributed by atoms with van der Waals surface area (Å²) in [4.78, 5) is 25.4. The fraction of sp³-hybridized carbons (Fsp3) is 0.217. The lowest BCUT2D eigenvalue weighted by atomic mass is 9.79. The monoisotopic (exact) mass is 410 g/mol. The number of allylic oxidation sites excluding steroid dienone is 2. The van der Waals surface area contributed by atoms with Gasteiger partial charge in [0.1, 0.15) is 0 Å². The zero-order chi connectivity index (χ0) is 21.8. The third kappa shape index (κ3) is 4.63. The van der Waals surface area contributed by atoms with Gasteiger partial charge in [0, 0.05) is 11.1 Å². The van der Waals surface area contributed by atoms with Crippen molar-refractivity contribution in [1.82, 2.24) is 0 Å². The molecule has 0 aliphatic heterocycles. The molecule has 1 atom stereocenters. The summed E-state index contributed by atoms with van der Waals surface area (Å²) in [5, 5.41) is 38.4. The Morgan fingerprint density at radius 3 is 1.77 bits per heavy atom. The Bertz CT molecular complexity index is 976. The molecule has 4 N–H and O–H groups in total. The molecule has 1 saturated carbocycles. The number of esters is 1. The predicted molar refractivity (Wildman–Crippen MR) is 110 cm³/mol. The maximum absolute atomic E-state index is 13.1. The number of rotatable bonds is 4. The largest absolute Gasteiger partial charge is 0.504 e. The van der Waals surface area contributed by atoms with Crippen molar-refractivity contribution < 1.29 is 34.8 Å². The maximum Gasteiger partial charge on any atom is 0.309 e. The van der Waals surface area contributed by atoms with E-state index >= 15 is 0 Å². The number of hydrogen-bond acceptors (Lipinski definition) is 7. The van der Waals surface area contributed by atoms with Crippen LogP contribution >= 0.6 is 0 Å². The molecule has 1 fully saturated rings. The molecule has 1 aliphatic rings. The van der Waals surface area contributed by atoms with E-state index in [1.54, 1.807) is 31.2 Å². The summed E-state index contributed by atoms with van der Waals surface area (Å²) in [6, 6.07) is 8.37. The molecule has 0 heterocycles. The topological polar surface area (TPSA) is 124 Å². The number of ketones is 1. The van der Waals surface area contributed by atoms with Crippen LogP contribution in [-0.4, -0.2) is 38.8 Å². The van der Waals surface area contributed by atoms with Gasteiger partial charge in [-0.25, -0.2) is 0 Å². The number of benzene rings is 2. The molecular weight excluding hydrogens is 388 g/mol. The normalized spacial score (nSPS) is 19.2. The van der Waals surface area contributed by atoms with Gasteiger partial charge < -0.3 is 25.2 Å². The summed E-state index contributed by atoms with van der Waals surface area (Å²) in [5.74, 6) is -2.42. The highest BCUT2D eigenvalue weighted by Gasteiger charge is 2.33. The van der Waals surface area contributed by atoms with E-state index in [9.17, 15) is 30.0 Å². The number of phenols is 4. The van der Waals surface area contributed by atoms with E-state index in [-0.39, 0.29) is 48.2 Å². The quantitative estimate of drug-likeness (QED) is 0.345. The van der Waals surface area contributed by atoms with Crippen molar-refractivity contribution in [3.63, 3.8) is 0 Å². The number of aromatic hydroxyl groups is 4. The van der Waals surface area contributed by atoms with Crippen molar-refractivity contribution in [2.75, 3.05) is 6.61 Å². The summed E-state index contributed by atoms with van der Waals surface area (Å²) in [6.45, 7) is 1.93. The van der Waals surface area contributed by atoms with Crippen LogP contribution in [0.4, 0.5) is 0 Å². The molecule has 2 aromatic rings. The molecule has 156 valence electrons. The van der Waals surface area contributed by atoms with Gasteiger partial charge in [-0.3, -0.25) is 9.59 Å². The highest BCUT2D eigenvalue weighted by molar-refractivity contribution is 6.14. The first kappa shape index (κ1) is 21.0. The average molecular weight is 410 g/mol. The Labute approximate surface area is 173 Å². The van der Waals surface area contributed by atoms with Crippen molar-refractivity contribution in [1.29, 1.82) is 0 Å². The van der Waals surface area contributed by atoms with Gasteiger partial charge in [-0.05, 0) is 67.3 Å². The first-order valence-electron chi connectivity index (χ1n) is 9.45. The summed E-state index contributed by atoms with van der Waals surface area (Å²) < 4.78 is 5.13. The SMILES string of the molecule is CCOC(=O)C1C/C(=C/c2ccc(O)c(O)c2)C(=O)/C(=C/c2ccc(O)c(O)c2)C1. The minimum Gasteiger partial charge on any atom is -0.504 e. The number of hydrogen-bond donors (Lipinski definition) is 4. The molecule has 0 spiro atoms. The summed E-state index contributed by atoms with van der Waals surface area (Å²) in [7, 11) is 0. The minimum atomic E-state index is -0.559. The molecular formula is C23H22O7. The summed E-state index contributed by atoms with van der Waals surface area (Å²) in [6.07, 6.45) is 3.49. The summed E-state index contributed by atoms with van der Waals surface area (Å²) >= 11 is 0. The van der Waals surface area contributed by atoms with E-state index in [1.807, 2.05) is 0 Å². The number of Topliss-reactive ketones (excluding diaryl/α,β-unsaturated/α-hetero) is 1. The molecule has 0 bridgehead atoms. The highest BCUT2D eigenvalue weighted by atomic mass is 16.5. The Morgan fingerprint density at radius 1 is 0.900 bits per heavy atom. The van der Waals surface area contributed by atoms with E-state index in [4.69, 9.17) is 4.74 Å². The van der Waals surface area contributed by atoms with E-state index in [2.05, 4.69) is 0 Å². The molecule has 0 aromatic heterocycles. The third-order valence-electron chi connectivity index (χ3n) is 4.82. The van der Waals surface area contributed by atoms with Gasteiger partial charge in [-0.15, -0.1) is 0 Å². The number of carbonyl (C=O) groups is 2. The number of phenolic OH excluding ortho intramolecular Hbond substituents is 4. The van der Waals surface area contributed by atoms with Crippen LogP contribution in [0, 0.1) is 5.92 Å². The fourth-order valence-electron chi connectivity index (χ4n) is 3.33. The van der Waals surface area contributed by atoms with Crippen LogP contribution in [0.5, 0.6) is 23.0 Å². The van der Waals surface area contributed by atoms with Crippen molar-refractivity contribution >= 4 is 23.9 Å². The van der Waals surface area contributed by atoms with Crippen LogP contribution in [0.15, 0.2) is 47.5 Å². The zero-order valence-electron chi connectivity index (χ0n) is 16.3. The van der Waals surface area contributed by atoms with Crippen molar-refractivity contribution in [2.24, 2.45) is 5.92 Å². The van der Waals surface area contributed by atoms with Crippen molar-refractivity contribution in [3.8, 4) is 23.0 Å². The predicted octanol–water partition coefficient (Wildman–Crippen LogP) is 3.52. The van der Waals surface area contributed by atoms with E-state index in [0.717, 1.165) is 0 Å². The van der Waals surface area contributed by atoms with Gasteiger partial charge >= 0.3 is 5.97 Å². The van der Waals surface area contributed by atoms with Gasteiger partial charge in [-0.2, -0.15) is 0 Å². The van der Waals surface area contributed by atoms with Gasteiger partial charge in [0.25, 0.3) is 0 Å². The van der Waals surface area contributed by atoms with Crippen LogP contribution in [0.25, 0.3) is 12.2 Å². The molecule has 0 saturated heterocycles. The lowest BCUT2D eigenvalue weighted by molar-refractivity contribution is -0.148. The highest BCUT2D eigenvalue weighted by Crippen LogP contribution is 2.35. The van der Waals surface area contributed by atoms with E-state index < -0.39 is 11.9 Å². The van der Waals surface area contributed by atoms with Crippen molar-refractivity contribution in [3.05, 3.63) is 58.7 Å². The van der Waals surface area contributed by atoms with Gasteiger partial charge in [0.05, 0.1) is 12.5 Å². The Hall–Kier alpha value is -3.74. The first-order chi connectivity index (χ1) is 14.3. The smallest absolute Gasteiger partial charge is 0.309 e. The van der Waals surface area contributed by atoms with Crippen LogP contribution < -0.4 is 0 Å². The number of ether oxygens (including phenoxy) is 1. The van der Waals surface area contributed by atoms with Gasteiger partial charge in [0.15, 0.2) is 28.8 Å². The molecule has 0 amide bonds. The van der Waals surface area contributed by atoms with Gasteiger partial charge in [-0.1, -0.05) is 12.1 Å². The lowest BCUT2D eigenvalue weighted by Crippen LogP contribution is -2.27.